The first-order chi connectivity index (χ1) is 8.11. The van der Waals surface area contributed by atoms with E-state index in [2.05, 4.69) is 32.0 Å². The summed E-state index contributed by atoms with van der Waals surface area (Å²) in [6.07, 6.45) is 4.30. The van der Waals surface area contributed by atoms with E-state index in [1.807, 2.05) is 6.07 Å². The van der Waals surface area contributed by atoms with Gasteiger partial charge in [-0.25, -0.2) is 4.39 Å². The smallest absolute Gasteiger partial charge is 0.126 e. The van der Waals surface area contributed by atoms with E-state index in [1.54, 1.807) is 6.07 Å². The van der Waals surface area contributed by atoms with Gasteiger partial charge in [-0.1, -0.05) is 19.1 Å². The molecule has 0 spiro atoms. The largest absolute Gasteiger partial charge is 0.306 e. The SMILES string of the molecule is CCc1ccc(C2CC[C@@H](N(C)C)C2)c(F)c1. The van der Waals surface area contributed by atoms with Crippen LogP contribution in [0.1, 0.15) is 43.2 Å². The third kappa shape index (κ3) is 2.68. The second-order valence-electron chi connectivity index (χ2n) is 5.34. The first kappa shape index (κ1) is 12.6. The van der Waals surface area contributed by atoms with E-state index in [1.165, 1.54) is 6.42 Å². The molecule has 0 aromatic heterocycles. The summed E-state index contributed by atoms with van der Waals surface area (Å²) in [4.78, 5) is 2.26. The highest BCUT2D eigenvalue weighted by Crippen LogP contribution is 2.37. The van der Waals surface area contributed by atoms with Crippen molar-refractivity contribution in [3.05, 3.63) is 35.1 Å². The van der Waals surface area contributed by atoms with Crippen LogP contribution < -0.4 is 0 Å². The first-order valence-electron chi connectivity index (χ1n) is 6.56. The highest BCUT2D eigenvalue weighted by Gasteiger charge is 2.28. The van der Waals surface area contributed by atoms with Gasteiger partial charge in [0.05, 0.1) is 0 Å². The second-order valence-corrected chi connectivity index (χ2v) is 5.34. The Labute approximate surface area is 104 Å². The average Bonchev–Trinajstić information content (AvgIpc) is 2.78. The number of rotatable bonds is 3. The minimum absolute atomic E-state index is 0.00578. The first-order valence-corrected chi connectivity index (χ1v) is 6.56. The Kier molecular flexibility index (Phi) is 3.82. The van der Waals surface area contributed by atoms with Crippen molar-refractivity contribution in [3.63, 3.8) is 0 Å². The maximum Gasteiger partial charge on any atom is 0.126 e. The summed E-state index contributed by atoms with van der Waals surface area (Å²) in [7, 11) is 4.23. The number of aryl methyl sites for hydroxylation is 1. The number of halogens is 1. The van der Waals surface area contributed by atoms with Crippen LogP contribution in [0.5, 0.6) is 0 Å². The van der Waals surface area contributed by atoms with Gasteiger partial charge < -0.3 is 4.90 Å². The summed E-state index contributed by atoms with van der Waals surface area (Å²) in [5, 5.41) is 0. The van der Waals surface area contributed by atoms with Crippen LogP contribution in [0.25, 0.3) is 0 Å². The summed E-state index contributed by atoms with van der Waals surface area (Å²) in [5.41, 5.74) is 2.01. The van der Waals surface area contributed by atoms with Gasteiger partial charge in [-0.2, -0.15) is 0 Å². The van der Waals surface area contributed by atoms with E-state index in [0.717, 1.165) is 30.4 Å². The Morgan fingerprint density at radius 3 is 2.59 bits per heavy atom. The Bertz CT molecular complexity index is 387. The lowest BCUT2D eigenvalue weighted by Crippen LogP contribution is -2.24. The van der Waals surface area contributed by atoms with Crippen LogP contribution in [-0.2, 0) is 6.42 Å². The Morgan fingerprint density at radius 1 is 1.29 bits per heavy atom. The highest BCUT2D eigenvalue weighted by atomic mass is 19.1. The third-order valence-corrected chi connectivity index (χ3v) is 4.05. The summed E-state index contributed by atoms with van der Waals surface area (Å²) in [6.45, 7) is 2.06. The lowest BCUT2D eigenvalue weighted by Gasteiger charge is -2.19. The van der Waals surface area contributed by atoms with Gasteiger partial charge in [0.15, 0.2) is 0 Å². The minimum Gasteiger partial charge on any atom is -0.306 e. The molecular formula is C15H22FN. The molecular weight excluding hydrogens is 213 g/mol. The number of nitrogens with zero attached hydrogens (tertiary/aromatic N) is 1. The fraction of sp³-hybridized carbons (Fsp3) is 0.600. The van der Waals surface area contributed by atoms with Crippen molar-refractivity contribution in [1.29, 1.82) is 0 Å². The standard InChI is InChI=1S/C15H22FN/c1-4-11-5-8-14(15(16)9-11)12-6-7-13(10-12)17(2)3/h5,8-9,12-13H,4,6-7,10H2,1-3H3/t12?,13-/m1/s1. The van der Waals surface area contributed by atoms with Crippen molar-refractivity contribution in [3.8, 4) is 0 Å². The number of hydrogen-bond acceptors (Lipinski definition) is 1. The van der Waals surface area contributed by atoms with Gasteiger partial charge in [-0.05, 0) is 62.9 Å². The molecule has 1 aliphatic carbocycles. The quantitative estimate of drug-likeness (QED) is 0.774. The van der Waals surface area contributed by atoms with E-state index in [9.17, 15) is 4.39 Å². The maximum absolute atomic E-state index is 14.0. The molecule has 1 fully saturated rings. The van der Waals surface area contributed by atoms with Crippen molar-refractivity contribution in [1.82, 2.24) is 4.90 Å². The highest BCUT2D eigenvalue weighted by molar-refractivity contribution is 5.28. The molecule has 0 aliphatic heterocycles. The zero-order valence-electron chi connectivity index (χ0n) is 11.0. The van der Waals surface area contributed by atoms with Crippen molar-refractivity contribution in [2.45, 2.75) is 44.6 Å². The summed E-state index contributed by atoms with van der Waals surface area (Å²) < 4.78 is 14.0. The topological polar surface area (TPSA) is 3.24 Å². The molecule has 1 aliphatic rings. The zero-order chi connectivity index (χ0) is 12.4. The molecule has 2 rings (SSSR count). The minimum atomic E-state index is -0.00578. The molecule has 2 heteroatoms. The molecule has 0 N–H and O–H groups in total. The monoisotopic (exact) mass is 235 g/mol. The molecule has 1 aromatic rings. The van der Waals surface area contributed by atoms with E-state index in [-0.39, 0.29) is 5.82 Å². The van der Waals surface area contributed by atoms with Crippen LogP contribution in [0.3, 0.4) is 0 Å². The van der Waals surface area contributed by atoms with E-state index in [4.69, 9.17) is 0 Å². The van der Waals surface area contributed by atoms with Crippen molar-refractivity contribution >= 4 is 0 Å². The molecule has 1 saturated carbocycles. The summed E-state index contributed by atoms with van der Waals surface area (Å²) in [5.74, 6) is 0.405. The molecule has 0 radical (unpaired) electrons. The normalized spacial score (nSPS) is 24.5. The number of hydrogen-bond donors (Lipinski definition) is 0. The lowest BCUT2D eigenvalue weighted by atomic mass is 9.95. The van der Waals surface area contributed by atoms with Gasteiger partial charge in [0, 0.05) is 6.04 Å². The predicted molar refractivity (Wildman–Crippen MR) is 69.8 cm³/mol. The molecule has 0 amide bonds. The van der Waals surface area contributed by atoms with Crippen LogP contribution in [0.2, 0.25) is 0 Å². The molecule has 0 saturated heterocycles. The predicted octanol–water partition coefficient (Wildman–Crippen LogP) is 3.59. The lowest BCUT2D eigenvalue weighted by molar-refractivity contribution is 0.296. The fourth-order valence-electron chi connectivity index (χ4n) is 2.83. The molecule has 17 heavy (non-hydrogen) atoms. The van der Waals surface area contributed by atoms with Gasteiger partial charge >= 0.3 is 0 Å². The van der Waals surface area contributed by atoms with Gasteiger partial charge in [0.25, 0.3) is 0 Å². The molecule has 1 aromatic carbocycles. The molecule has 0 bridgehead atoms. The van der Waals surface area contributed by atoms with Gasteiger partial charge in [0.1, 0.15) is 5.82 Å². The van der Waals surface area contributed by atoms with Crippen LogP contribution in [0, 0.1) is 5.82 Å². The Balaban J connectivity index is 2.13. The Hall–Kier alpha value is -0.890. The maximum atomic E-state index is 14.0. The Morgan fingerprint density at radius 2 is 2.06 bits per heavy atom. The van der Waals surface area contributed by atoms with Crippen molar-refractivity contribution in [2.75, 3.05) is 14.1 Å². The van der Waals surface area contributed by atoms with Gasteiger partial charge in [0.2, 0.25) is 0 Å². The third-order valence-electron chi connectivity index (χ3n) is 4.05. The van der Waals surface area contributed by atoms with E-state index in [0.29, 0.717) is 12.0 Å². The number of benzene rings is 1. The zero-order valence-corrected chi connectivity index (χ0v) is 11.0. The molecule has 94 valence electrons. The van der Waals surface area contributed by atoms with Crippen LogP contribution >= 0.6 is 0 Å². The van der Waals surface area contributed by atoms with E-state index >= 15 is 0 Å². The molecule has 0 heterocycles. The average molecular weight is 235 g/mol. The van der Waals surface area contributed by atoms with Crippen molar-refractivity contribution in [2.24, 2.45) is 0 Å². The van der Waals surface area contributed by atoms with Crippen LogP contribution in [0.4, 0.5) is 4.39 Å². The summed E-state index contributed by atoms with van der Waals surface area (Å²) in [6, 6.07) is 6.39. The van der Waals surface area contributed by atoms with Crippen LogP contribution in [-0.4, -0.2) is 25.0 Å². The summed E-state index contributed by atoms with van der Waals surface area (Å²) >= 11 is 0. The second kappa shape index (κ2) is 5.18. The fourth-order valence-corrected chi connectivity index (χ4v) is 2.83. The molecule has 1 nitrogen and oxygen atoms in total. The van der Waals surface area contributed by atoms with Crippen molar-refractivity contribution < 1.29 is 4.39 Å². The van der Waals surface area contributed by atoms with Gasteiger partial charge in [-0.15, -0.1) is 0 Å². The molecule has 1 unspecified atom stereocenters. The van der Waals surface area contributed by atoms with Gasteiger partial charge in [-0.3, -0.25) is 0 Å². The van der Waals surface area contributed by atoms with Crippen LogP contribution in [0.15, 0.2) is 18.2 Å². The molecule has 2 atom stereocenters. The van der Waals surface area contributed by atoms with E-state index < -0.39 is 0 Å².